The van der Waals surface area contributed by atoms with Crippen molar-refractivity contribution in [3.8, 4) is 11.5 Å². The van der Waals surface area contributed by atoms with Crippen molar-refractivity contribution in [2.75, 3.05) is 20.8 Å². The summed E-state index contributed by atoms with van der Waals surface area (Å²) in [5, 5.41) is 16.1. The molecule has 2 amide bonds. The van der Waals surface area contributed by atoms with Gasteiger partial charge in [-0.25, -0.2) is 0 Å². The van der Waals surface area contributed by atoms with Crippen LogP contribution < -0.4 is 20.1 Å². The summed E-state index contributed by atoms with van der Waals surface area (Å²) in [6, 6.07) is 21.6. The van der Waals surface area contributed by atoms with Crippen LogP contribution in [0, 0.1) is 6.92 Å². The summed E-state index contributed by atoms with van der Waals surface area (Å²) in [5.41, 5.74) is 3.34. The summed E-state index contributed by atoms with van der Waals surface area (Å²) in [6.45, 7) is 3.57. The number of carboxylic acid groups (broad SMARTS) is 1. The van der Waals surface area contributed by atoms with Crippen LogP contribution in [0.15, 0.2) is 72.8 Å². The molecule has 4 aromatic rings. The number of fused-ring (bicyclic) bond motifs is 1. The number of carboxylic acids is 1. The first-order valence-corrected chi connectivity index (χ1v) is 14.5. The third-order valence-electron chi connectivity index (χ3n) is 7.30. The number of nitrogens with zero attached hydrogens (tertiary/aromatic N) is 1. The molecule has 0 bridgehead atoms. The number of amides is 2. The zero-order valence-corrected chi connectivity index (χ0v) is 25.5. The molecule has 0 aliphatic heterocycles. The van der Waals surface area contributed by atoms with Crippen LogP contribution >= 0.6 is 0 Å². The molecule has 0 radical (unpaired) electrons. The number of aromatic nitrogens is 1. The van der Waals surface area contributed by atoms with Crippen LogP contribution in [-0.2, 0) is 27.5 Å². The lowest BCUT2D eigenvalue weighted by Gasteiger charge is -2.26. The number of rotatable bonds is 15. The van der Waals surface area contributed by atoms with Crippen molar-refractivity contribution in [3.05, 3.63) is 95.2 Å². The summed E-state index contributed by atoms with van der Waals surface area (Å²) in [7, 11) is 3.15. The number of hydrogen-bond acceptors (Lipinski definition) is 6. The van der Waals surface area contributed by atoms with Gasteiger partial charge in [0.25, 0.3) is 11.8 Å². The highest BCUT2D eigenvalue weighted by atomic mass is 16.5. The number of aliphatic carboxylic acids is 1. The smallest absolute Gasteiger partial charge is 0.323 e. The maximum absolute atomic E-state index is 13.8. The Morgan fingerprint density at radius 1 is 0.932 bits per heavy atom. The van der Waals surface area contributed by atoms with Gasteiger partial charge in [-0.1, -0.05) is 61.9 Å². The number of carbonyl (C=O) groups is 3. The summed E-state index contributed by atoms with van der Waals surface area (Å²) in [5.74, 6) is -0.817. The fraction of sp³-hybridized carbons (Fsp3) is 0.324. The van der Waals surface area contributed by atoms with E-state index in [1.54, 1.807) is 32.4 Å². The van der Waals surface area contributed by atoms with Crippen molar-refractivity contribution in [1.82, 2.24) is 15.2 Å². The lowest BCUT2D eigenvalue weighted by atomic mass is 9.98. The van der Waals surface area contributed by atoms with E-state index in [0.29, 0.717) is 23.4 Å². The fourth-order valence-electron chi connectivity index (χ4n) is 5.23. The van der Waals surface area contributed by atoms with E-state index in [1.165, 1.54) is 4.57 Å². The van der Waals surface area contributed by atoms with Crippen LogP contribution in [0.5, 0.6) is 11.5 Å². The first kappa shape index (κ1) is 32.1. The maximum Gasteiger partial charge on any atom is 0.323 e. The molecule has 10 nitrogen and oxygen atoms in total. The van der Waals surface area contributed by atoms with Crippen molar-refractivity contribution >= 4 is 28.7 Å². The molecule has 10 heteroatoms. The second kappa shape index (κ2) is 15.1. The third kappa shape index (κ3) is 7.76. The average Bonchev–Trinajstić information content (AvgIpc) is 3.38. The van der Waals surface area contributed by atoms with Gasteiger partial charge in [-0.2, -0.15) is 0 Å². The van der Waals surface area contributed by atoms with Crippen LogP contribution in [0.25, 0.3) is 10.9 Å². The first-order chi connectivity index (χ1) is 21.2. The van der Waals surface area contributed by atoms with E-state index in [1.807, 2.05) is 68.4 Å². The zero-order valence-electron chi connectivity index (χ0n) is 25.5. The van der Waals surface area contributed by atoms with Crippen LogP contribution in [0.3, 0.4) is 0 Å². The summed E-state index contributed by atoms with van der Waals surface area (Å²) >= 11 is 0. The van der Waals surface area contributed by atoms with Crippen LogP contribution in [-0.4, -0.2) is 54.3 Å². The number of nitrogens with one attached hydrogen (secondary N) is 2. The summed E-state index contributed by atoms with van der Waals surface area (Å²) < 4.78 is 18.9. The number of hydrogen-bond donors (Lipinski definition) is 3. The number of ether oxygens (including phenoxy) is 3. The van der Waals surface area contributed by atoms with Crippen molar-refractivity contribution < 1.29 is 33.7 Å². The van der Waals surface area contributed by atoms with Gasteiger partial charge in [0.15, 0.2) is 6.10 Å². The Balaban J connectivity index is 1.60. The Bertz CT molecular complexity index is 1570. The highest BCUT2D eigenvalue weighted by Crippen LogP contribution is 2.37. The van der Waals surface area contributed by atoms with Gasteiger partial charge in [-0.15, -0.1) is 0 Å². The predicted octanol–water partition coefficient (Wildman–Crippen LogP) is 5.02. The molecule has 0 saturated heterocycles. The Labute approximate surface area is 256 Å². The molecule has 0 spiro atoms. The third-order valence-corrected chi connectivity index (χ3v) is 7.30. The molecule has 0 saturated carbocycles. The fourth-order valence-corrected chi connectivity index (χ4v) is 5.23. The van der Waals surface area contributed by atoms with Gasteiger partial charge < -0.3 is 34.5 Å². The first-order valence-electron chi connectivity index (χ1n) is 14.5. The molecule has 1 heterocycles. The normalized spacial score (nSPS) is 12.4. The highest BCUT2D eigenvalue weighted by molar-refractivity contribution is 5.99. The van der Waals surface area contributed by atoms with Crippen molar-refractivity contribution in [2.24, 2.45) is 0 Å². The zero-order chi connectivity index (χ0) is 31.6. The van der Waals surface area contributed by atoms with Crippen LogP contribution in [0.4, 0.5) is 0 Å². The molecule has 0 fully saturated rings. The molecule has 2 atom stereocenters. The Morgan fingerprint density at radius 3 is 2.23 bits per heavy atom. The predicted molar refractivity (Wildman–Crippen MR) is 167 cm³/mol. The van der Waals surface area contributed by atoms with Crippen LogP contribution in [0.1, 0.15) is 53.0 Å². The number of carbonyl (C=O) groups excluding carboxylic acids is 2. The molecule has 0 aliphatic carbocycles. The summed E-state index contributed by atoms with van der Waals surface area (Å²) in [6.07, 6.45) is 0.318. The second-order valence-electron chi connectivity index (χ2n) is 10.5. The van der Waals surface area contributed by atoms with Crippen molar-refractivity contribution in [1.29, 1.82) is 0 Å². The molecule has 3 aromatic carbocycles. The molecule has 0 aliphatic rings. The number of para-hydroxylation sites is 1. The SMILES string of the molecule is CCCC(NC(=O)C(CNC(=O)c1cc2ccccc2n1CC(=O)O)OCc1ccccc1)c1c(OC)cc(C)cc1OC. The molecule has 1 aromatic heterocycles. The monoisotopic (exact) mass is 601 g/mol. The van der Waals surface area contributed by atoms with E-state index in [2.05, 4.69) is 10.6 Å². The molecular weight excluding hydrogens is 562 g/mol. The molecule has 4 rings (SSSR count). The Kier molecular flexibility index (Phi) is 11.0. The average molecular weight is 602 g/mol. The number of methoxy groups -OCH3 is 2. The Hall–Kier alpha value is -4.83. The van der Waals surface area contributed by atoms with E-state index in [9.17, 15) is 19.5 Å². The highest BCUT2D eigenvalue weighted by Gasteiger charge is 2.28. The van der Waals surface area contributed by atoms with E-state index >= 15 is 0 Å². The maximum atomic E-state index is 13.8. The molecule has 44 heavy (non-hydrogen) atoms. The second-order valence-corrected chi connectivity index (χ2v) is 10.5. The van der Waals surface area contributed by atoms with Crippen LogP contribution in [0.2, 0.25) is 0 Å². The lowest BCUT2D eigenvalue weighted by Crippen LogP contribution is -2.45. The minimum Gasteiger partial charge on any atom is -0.496 e. The van der Waals surface area contributed by atoms with Crippen molar-refractivity contribution in [2.45, 2.75) is 52.0 Å². The standard InChI is InChI=1S/C34H39N3O7/c1-5-11-25(32-28(42-3)16-22(2)17-29(32)43-4)36-34(41)30(44-21-23-12-7-6-8-13-23)19-35-33(40)27-18-24-14-9-10-15-26(24)37(27)20-31(38)39/h6-10,12-18,25,30H,5,11,19-21H2,1-4H3,(H,35,40)(H,36,41)(H,38,39). The van der Waals surface area contributed by atoms with Gasteiger partial charge in [0.2, 0.25) is 0 Å². The topological polar surface area (TPSA) is 128 Å². The van der Waals surface area contributed by atoms with Gasteiger partial charge in [0, 0.05) is 10.9 Å². The van der Waals surface area contributed by atoms with Crippen molar-refractivity contribution in [3.63, 3.8) is 0 Å². The molecule has 2 unspecified atom stereocenters. The summed E-state index contributed by atoms with van der Waals surface area (Å²) in [4.78, 5) is 38.9. The quantitative estimate of drug-likeness (QED) is 0.175. The van der Waals surface area contributed by atoms with Gasteiger partial charge >= 0.3 is 5.97 Å². The Morgan fingerprint density at radius 2 is 1.59 bits per heavy atom. The molecule has 232 valence electrons. The van der Waals surface area contributed by atoms with E-state index in [0.717, 1.165) is 28.5 Å². The minimum atomic E-state index is -1.08. The van der Waals surface area contributed by atoms with Gasteiger partial charge in [-0.3, -0.25) is 14.4 Å². The van der Waals surface area contributed by atoms with E-state index in [4.69, 9.17) is 14.2 Å². The van der Waals surface area contributed by atoms with E-state index < -0.39 is 29.9 Å². The van der Waals surface area contributed by atoms with E-state index in [-0.39, 0.29) is 25.4 Å². The van der Waals surface area contributed by atoms with Gasteiger partial charge in [0.05, 0.1) is 39.0 Å². The largest absolute Gasteiger partial charge is 0.496 e. The molecular formula is C34H39N3O7. The minimum absolute atomic E-state index is 0.143. The van der Waals surface area contributed by atoms with Gasteiger partial charge in [-0.05, 0) is 48.7 Å². The number of benzene rings is 3. The van der Waals surface area contributed by atoms with Gasteiger partial charge in [0.1, 0.15) is 23.7 Å². The lowest BCUT2D eigenvalue weighted by molar-refractivity contribution is -0.137. The number of aryl methyl sites for hydroxylation is 1. The molecule has 3 N–H and O–H groups in total.